The van der Waals surface area contributed by atoms with Gasteiger partial charge in [0.25, 0.3) is 0 Å². The molecular formula is C16H32N4. The fourth-order valence-corrected chi connectivity index (χ4v) is 3.12. The average Bonchev–Trinajstić information content (AvgIpc) is 3.12. The van der Waals surface area contributed by atoms with Gasteiger partial charge in [0.2, 0.25) is 0 Å². The van der Waals surface area contributed by atoms with E-state index in [0.717, 1.165) is 25.0 Å². The van der Waals surface area contributed by atoms with Crippen LogP contribution >= 0.6 is 0 Å². The van der Waals surface area contributed by atoms with E-state index in [1.54, 1.807) is 0 Å². The first-order valence-corrected chi connectivity index (χ1v) is 8.42. The molecule has 1 aliphatic carbocycles. The second kappa shape index (κ2) is 7.30. The lowest BCUT2D eigenvalue weighted by molar-refractivity contribution is 0.118. The van der Waals surface area contributed by atoms with E-state index in [0.29, 0.717) is 18.1 Å². The van der Waals surface area contributed by atoms with Gasteiger partial charge in [-0.1, -0.05) is 13.3 Å². The summed E-state index contributed by atoms with van der Waals surface area (Å²) in [5.41, 5.74) is 0. The maximum absolute atomic E-state index is 4.79. The molecule has 2 fully saturated rings. The summed E-state index contributed by atoms with van der Waals surface area (Å²) in [6.07, 6.45) is 5.35. The lowest BCUT2D eigenvalue weighted by atomic mass is 10.0. The first kappa shape index (κ1) is 15.6. The Morgan fingerprint density at radius 3 is 2.70 bits per heavy atom. The molecule has 4 nitrogen and oxygen atoms in total. The Kier molecular flexibility index (Phi) is 5.70. The van der Waals surface area contributed by atoms with Crippen molar-refractivity contribution in [1.82, 2.24) is 15.5 Å². The topological polar surface area (TPSA) is 39.7 Å². The SMILES string of the molecule is CCNC(=NCC(C)N1CCCCC1C)NC1CC1C. The van der Waals surface area contributed by atoms with Gasteiger partial charge in [0.05, 0.1) is 6.54 Å². The summed E-state index contributed by atoms with van der Waals surface area (Å²) in [6.45, 7) is 12.1. The summed E-state index contributed by atoms with van der Waals surface area (Å²) in [4.78, 5) is 7.41. The maximum Gasteiger partial charge on any atom is 0.191 e. The molecule has 4 atom stereocenters. The third-order valence-electron chi connectivity index (χ3n) is 4.71. The molecule has 0 aromatic carbocycles. The fourth-order valence-electron chi connectivity index (χ4n) is 3.12. The molecule has 4 heteroatoms. The standard InChI is InChI=1S/C16H32N4/c1-5-17-16(19-15-10-12(15)2)18-11-14(4)20-9-7-6-8-13(20)3/h12-15H,5-11H2,1-4H3,(H2,17,18,19). The number of hydrogen-bond donors (Lipinski definition) is 2. The second-order valence-electron chi connectivity index (χ2n) is 6.62. The zero-order valence-electron chi connectivity index (χ0n) is 13.7. The van der Waals surface area contributed by atoms with Crippen LogP contribution in [0.5, 0.6) is 0 Å². The zero-order chi connectivity index (χ0) is 14.5. The molecule has 0 radical (unpaired) electrons. The van der Waals surface area contributed by atoms with Crippen LogP contribution in [0.15, 0.2) is 4.99 Å². The number of guanidine groups is 1. The summed E-state index contributed by atoms with van der Waals surface area (Å²) in [6, 6.07) is 1.89. The molecule has 0 aromatic rings. The van der Waals surface area contributed by atoms with Crippen molar-refractivity contribution in [2.75, 3.05) is 19.6 Å². The minimum Gasteiger partial charge on any atom is -0.357 e. The van der Waals surface area contributed by atoms with E-state index in [1.807, 2.05) is 0 Å². The molecule has 1 saturated carbocycles. The highest BCUT2D eigenvalue weighted by Crippen LogP contribution is 2.28. The molecule has 4 unspecified atom stereocenters. The Balaban J connectivity index is 1.83. The molecular weight excluding hydrogens is 248 g/mol. The molecule has 2 aliphatic rings. The Labute approximate surface area is 124 Å². The van der Waals surface area contributed by atoms with Gasteiger partial charge >= 0.3 is 0 Å². The Morgan fingerprint density at radius 2 is 2.10 bits per heavy atom. The van der Waals surface area contributed by atoms with E-state index < -0.39 is 0 Å². The van der Waals surface area contributed by atoms with Crippen molar-refractivity contribution in [3.05, 3.63) is 0 Å². The van der Waals surface area contributed by atoms with Gasteiger partial charge in [-0.05, 0) is 52.5 Å². The number of aliphatic imine (C=N–C) groups is 1. The van der Waals surface area contributed by atoms with Gasteiger partial charge in [-0.15, -0.1) is 0 Å². The van der Waals surface area contributed by atoms with Crippen molar-refractivity contribution < 1.29 is 0 Å². The smallest absolute Gasteiger partial charge is 0.191 e. The van der Waals surface area contributed by atoms with Gasteiger partial charge in [-0.2, -0.15) is 0 Å². The number of likely N-dealkylation sites (tertiary alicyclic amines) is 1. The summed E-state index contributed by atoms with van der Waals surface area (Å²) in [5, 5.41) is 6.90. The summed E-state index contributed by atoms with van der Waals surface area (Å²) >= 11 is 0. The Bertz CT molecular complexity index is 328. The average molecular weight is 280 g/mol. The second-order valence-corrected chi connectivity index (χ2v) is 6.62. The van der Waals surface area contributed by atoms with Gasteiger partial charge in [-0.3, -0.25) is 9.89 Å². The van der Waals surface area contributed by atoms with Crippen LogP contribution < -0.4 is 10.6 Å². The largest absolute Gasteiger partial charge is 0.357 e. The van der Waals surface area contributed by atoms with E-state index in [-0.39, 0.29) is 0 Å². The van der Waals surface area contributed by atoms with Crippen molar-refractivity contribution in [2.24, 2.45) is 10.9 Å². The normalized spacial score (nSPS) is 32.8. The highest BCUT2D eigenvalue weighted by atomic mass is 15.2. The van der Waals surface area contributed by atoms with Gasteiger partial charge in [0.1, 0.15) is 0 Å². The summed E-state index contributed by atoms with van der Waals surface area (Å²) < 4.78 is 0. The first-order valence-electron chi connectivity index (χ1n) is 8.42. The van der Waals surface area contributed by atoms with E-state index in [4.69, 9.17) is 4.99 Å². The van der Waals surface area contributed by atoms with Gasteiger partial charge in [0, 0.05) is 24.7 Å². The van der Waals surface area contributed by atoms with Crippen LogP contribution in [0.3, 0.4) is 0 Å². The highest BCUT2D eigenvalue weighted by molar-refractivity contribution is 5.80. The van der Waals surface area contributed by atoms with Crippen LogP contribution in [0.4, 0.5) is 0 Å². The molecule has 0 spiro atoms. The highest BCUT2D eigenvalue weighted by Gasteiger charge is 2.33. The quantitative estimate of drug-likeness (QED) is 0.599. The lowest BCUT2D eigenvalue weighted by Gasteiger charge is -2.37. The molecule has 0 aromatic heterocycles. The molecule has 2 N–H and O–H groups in total. The molecule has 1 heterocycles. The van der Waals surface area contributed by atoms with Crippen LogP contribution in [0.2, 0.25) is 0 Å². The van der Waals surface area contributed by atoms with Crippen LogP contribution in [0.1, 0.15) is 53.4 Å². The van der Waals surface area contributed by atoms with Crippen molar-refractivity contribution in [1.29, 1.82) is 0 Å². The Morgan fingerprint density at radius 1 is 1.35 bits per heavy atom. The summed E-state index contributed by atoms with van der Waals surface area (Å²) in [5.74, 6) is 1.80. The molecule has 0 amide bonds. The predicted molar refractivity (Wildman–Crippen MR) is 86.2 cm³/mol. The number of nitrogens with one attached hydrogen (secondary N) is 2. The van der Waals surface area contributed by atoms with Crippen molar-refractivity contribution in [3.63, 3.8) is 0 Å². The number of nitrogens with zero attached hydrogens (tertiary/aromatic N) is 2. The van der Waals surface area contributed by atoms with Crippen LogP contribution in [0.25, 0.3) is 0 Å². The fraction of sp³-hybridized carbons (Fsp3) is 0.938. The molecule has 20 heavy (non-hydrogen) atoms. The van der Waals surface area contributed by atoms with E-state index in [1.165, 1.54) is 32.2 Å². The minimum absolute atomic E-state index is 0.539. The molecule has 2 rings (SSSR count). The first-order chi connectivity index (χ1) is 9.61. The molecule has 1 aliphatic heterocycles. The third-order valence-corrected chi connectivity index (χ3v) is 4.71. The number of rotatable bonds is 5. The van der Waals surface area contributed by atoms with E-state index in [2.05, 4.69) is 43.2 Å². The van der Waals surface area contributed by atoms with Gasteiger partial charge in [0.15, 0.2) is 5.96 Å². The zero-order valence-corrected chi connectivity index (χ0v) is 13.7. The summed E-state index contributed by atoms with van der Waals surface area (Å²) in [7, 11) is 0. The number of hydrogen-bond acceptors (Lipinski definition) is 2. The van der Waals surface area contributed by atoms with Gasteiger partial charge < -0.3 is 10.6 Å². The van der Waals surface area contributed by atoms with E-state index >= 15 is 0 Å². The lowest BCUT2D eigenvalue weighted by Crippen LogP contribution is -2.46. The van der Waals surface area contributed by atoms with Crippen LogP contribution in [-0.4, -0.2) is 48.6 Å². The minimum atomic E-state index is 0.539. The van der Waals surface area contributed by atoms with Crippen molar-refractivity contribution >= 4 is 5.96 Å². The van der Waals surface area contributed by atoms with Crippen molar-refractivity contribution in [2.45, 2.75) is 71.5 Å². The Hall–Kier alpha value is -0.770. The molecule has 116 valence electrons. The third kappa shape index (κ3) is 4.37. The van der Waals surface area contributed by atoms with Gasteiger partial charge in [-0.25, -0.2) is 0 Å². The van der Waals surface area contributed by atoms with E-state index in [9.17, 15) is 0 Å². The van der Waals surface area contributed by atoms with Crippen LogP contribution in [-0.2, 0) is 0 Å². The monoisotopic (exact) mass is 280 g/mol. The van der Waals surface area contributed by atoms with Crippen molar-refractivity contribution in [3.8, 4) is 0 Å². The number of piperidine rings is 1. The molecule has 0 bridgehead atoms. The van der Waals surface area contributed by atoms with Crippen LogP contribution in [0, 0.1) is 5.92 Å². The maximum atomic E-state index is 4.79. The predicted octanol–water partition coefficient (Wildman–Crippen LogP) is 2.21. The molecule has 1 saturated heterocycles.